The van der Waals surface area contributed by atoms with Crippen LogP contribution in [0.4, 0.5) is 0 Å². The summed E-state index contributed by atoms with van der Waals surface area (Å²) >= 11 is 0. The van der Waals surface area contributed by atoms with Crippen LogP contribution in [0.1, 0.15) is 37.8 Å². The van der Waals surface area contributed by atoms with Gasteiger partial charge in [-0.1, -0.05) is 45.0 Å². The van der Waals surface area contributed by atoms with Crippen molar-refractivity contribution in [3.8, 4) is 0 Å². The molecule has 2 rings (SSSR count). The second-order valence-corrected chi connectivity index (χ2v) is 4.60. The topological polar surface area (TPSA) is 0 Å². The molecule has 1 aromatic carbocycles. The van der Waals surface area contributed by atoms with E-state index in [-0.39, 0.29) is 0 Å². The molecule has 0 saturated carbocycles. The zero-order valence-corrected chi connectivity index (χ0v) is 8.75. The molecular formula is C13H18. The molecule has 0 aliphatic heterocycles. The largest absolute Gasteiger partial charge is 0.0625 e. The summed E-state index contributed by atoms with van der Waals surface area (Å²) in [6, 6.07) is 8.91. The molecule has 0 nitrogen and oxygen atoms in total. The molecule has 0 N–H and O–H groups in total. The van der Waals surface area contributed by atoms with Gasteiger partial charge in [-0.25, -0.2) is 0 Å². The van der Waals surface area contributed by atoms with Crippen LogP contribution in [0.2, 0.25) is 0 Å². The predicted octanol–water partition coefficient (Wildman–Crippen LogP) is 3.62. The highest BCUT2D eigenvalue weighted by atomic mass is 14.3. The first-order chi connectivity index (χ1) is 6.20. The molecule has 1 aliphatic carbocycles. The van der Waals surface area contributed by atoms with Crippen LogP contribution in [0.25, 0.3) is 0 Å². The second-order valence-electron chi connectivity index (χ2n) is 4.60. The number of hydrogen-bond donors (Lipinski definition) is 0. The molecule has 0 saturated heterocycles. The molecule has 13 heavy (non-hydrogen) atoms. The molecular weight excluding hydrogens is 156 g/mol. The fraction of sp³-hybridized carbons (Fsp3) is 0.538. The van der Waals surface area contributed by atoms with Crippen molar-refractivity contribution in [2.45, 2.75) is 33.1 Å². The number of benzene rings is 1. The van der Waals surface area contributed by atoms with Crippen molar-refractivity contribution in [1.29, 1.82) is 0 Å². The van der Waals surface area contributed by atoms with E-state index >= 15 is 0 Å². The molecule has 1 aromatic rings. The Labute approximate surface area is 81.0 Å². The summed E-state index contributed by atoms with van der Waals surface area (Å²) in [5.41, 5.74) is 3.16. The van der Waals surface area contributed by atoms with Crippen LogP contribution in [-0.2, 0) is 6.42 Å². The van der Waals surface area contributed by atoms with Gasteiger partial charge in [-0.2, -0.15) is 0 Å². The van der Waals surface area contributed by atoms with E-state index in [1.807, 2.05) is 0 Å². The van der Waals surface area contributed by atoms with Gasteiger partial charge in [0.1, 0.15) is 0 Å². The average molecular weight is 174 g/mol. The maximum atomic E-state index is 2.37. The lowest BCUT2D eigenvalue weighted by molar-refractivity contribution is 0.356. The molecule has 0 spiro atoms. The van der Waals surface area contributed by atoms with Crippen molar-refractivity contribution in [3.05, 3.63) is 35.4 Å². The number of fused-ring (bicyclic) bond motifs is 1. The second kappa shape index (κ2) is 3.17. The van der Waals surface area contributed by atoms with E-state index in [0.717, 1.165) is 17.8 Å². The van der Waals surface area contributed by atoms with Gasteiger partial charge < -0.3 is 0 Å². The van der Waals surface area contributed by atoms with E-state index in [9.17, 15) is 0 Å². The lowest BCUT2D eigenvalue weighted by Gasteiger charge is -2.19. The third-order valence-corrected chi connectivity index (χ3v) is 3.50. The summed E-state index contributed by atoms with van der Waals surface area (Å²) < 4.78 is 0. The maximum absolute atomic E-state index is 2.37. The molecule has 0 aromatic heterocycles. The van der Waals surface area contributed by atoms with Crippen LogP contribution in [0.5, 0.6) is 0 Å². The predicted molar refractivity (Wildman–Crippen MR) is 56.9 cm³/mol. The Morgan fingerprint density at radius 3 is 2.54 bits per heavy atom. The van der Waals surface area contributed by atoms with Crippen molar-refractivity contribution in [1.82, 2.24) is 0 Å². The highest BCUT2D eigenvalue weighted by Gasteiger charge is 2.30. The van der Waals surface area contributed by atoms with Gasteiger partial charge in [-0.15, -0.1) is 0 Å². The van der Waals surface area contributed by atoms with Gasteiger partial charge in [0, 0.05) is 0 Å². The molecule has 0 radical (unpaired) electrons. The van der Waals surface area contributed by atoms with Crippen molar-refractivity contribution in [2.75, 3.05) is 0 Å². The van der Waals surface area contributed by atoms with Crippen molar-refractivity contribution in [2.24, 2.45) is 11.8 Å². The lowest BCUT2D eigenvalue weighted by atomic mass is 9.85. The smallest absolute Gasteiger partial charge is 0.0154 e. The van der Waals surface area contributed by atoms with Gasteiger partial charge in [0.25, 0.3) is 0 Å². The zero-order valence-electron chi connectivity index (χ0n) is 8.75. The van der Waals surface area contributed by atoms with E-state index in [4.69, 9.17) is 0 Å². The highest BCUT2D eigenvalue weighted by Crippen LogP contribution is 2.40. The van der Waals surface area contributed by atoms with E-state index in [1.54, 1.807) is 11.1 Å². The van der Waals surface area contributed by atoms with Crippen LogP contribution in [-0.4, -0.2) is 0 Å². The SMILES string of the molecule is CC(C)[C@H]1Cc2ccccc2[C@@H]1C. The van der Waals surface area contributed by atoms with Crippen LogP contribution >= 0.6 is 0 Å². The minimum atomic E-state index is 0.760. The summed E-state index contributed by atoms with van der Waals surface area (Å²) in [5.74, 6) is 2.43. The number of rotatable bonds is 1. The van der Waals surface area contributed by atoms with Crippen LogP contribution in [0.3, 0.4) is 0 Å². The quantitative estimate of drug-likeness (QED) is 0.610. The van der Waals surface area contributed by atoms with Gasteiger partial charge in [0.15, 0.2) is 0 Å². The van der Waals surface area contributed by atoms with Crippen LogP contribution in [0.15, 0.2) is 24.3 Å². The first kappa shape index (κ1) is 8.80. The number of hydrogen-bond acceptors (Lipinski definition) is 0. The maximum Gasteiger partial charge on any atom is -0.0154 e. The fourth-order valence-corrected chi connectivity index (χ4v) is 2.64. The normalized spacial score (nSPS) is 26.5. The fourth-order valence-electron chi connectivity index (χ4n) is 2.64. The minimum absolute atomic E-state index is 0.760. The lowest BCUT2D eigenvalue weighted by Crippen LogP contribution is -2.11. The standard InChI is InChI=1S/C13H18/c1-9(2)13-8-11-6-4-5-7-12(11)10(13)3/h4-7,9-10,13H,8H2,1-3H3/t10-,13+/m0/s1. The van der Waals surface area contributed by atoms with E-state index in [0.29, 0.717) is 0 Å². The van der Waals surface area contributed by atoms with Gasteiger partial charge in [-0.05, 0) is 35.3 Å². The van der Waals surface area contributed by atoms with E-state index < -0.39 is 0 Å². The van der Waals surface area contributed by atoms with Gasteiger partial charge in [0.2, 0.25) is 0 Å². The first-order valence-corrected chi connectivity index (χ1v) is 5.28. The van der Waals surface area contributed by atoms with Crippen LogP contribution in [0, 0.1) is 11.8 Å². The zero-order chi connectivity index (χ0) is 9.42. The third-order valence-electron chi connectivity index (χ3n) is 3.50. The summed E-state index contributed by atoms with van der Waals surface area (Å²) in [4.78, 5) is 0. The van der Waals surface area contributed by atoms with Gasteiger partial charge in [0.05, 0.1) is 0 Å². The Morgan fingerprint density at radius 2 is 1.92 bits per heavy atom. The highest BCUT2D eigenvalue weighted by molar-refractivity contribution is 5.35. The van der Waals surface area contributed by atoms with Gasteiger partial charge >= 0.3 is 0 Å². The summed E-state index contributed by atoms with van der Waals surface area (Å²) in [5, 5.41) is 0. The molecule has 0 amide bonds. The van der Waals surface area contributed by atoms with Crippen molar-refractivity contribution < 1.29 is 0 Å². The Balaban J connectivity index is 2.32. The Kier molecular flexibility index (Phi) is 2.15. The summed E-state index contributed by atoms with van der Waals surface area (Å²) in [6.07, 6.45) is 1.29. The summed E-state index contributed by atoms with van der Waals surface area (Å²) in [7, 11) is 0. The van der Waals surface area contributed by atoms with E-state index in [1.165, 1.54) is 6.42 Å². The molecule has 70 valence electrons. The Bertz CT molecular complexity index is 299. The van der Waals surface area contributed by atoms with Crippen molar-refractivity contribution >= 4 is 0 Å². The van der Waals surface area contributed by atoms with Gasteiger partial charge in [-0.3, -0.25) is 0 Å². The van der Waals surface area contributed by atoms with Crippen LogP contribution < -0.4 is 0 Å². The van der Waals surface area contributed by atoms with Crippen molar-refractivity contribution in [3.63, 3.8) is 0 Å². The molecule has 0 heterocycles. The summed E-state index contributed by atoms with van der Waals surface area (Å²) in [6.45, 7) is 7.05. The molecule has 0 unspecified atom stereocenters. The molecule has 0 heteroatoms. The molecule has 2 atom stereocenters. The Hall–Kier alpha value is -0.780. The monoisotopic (exact) mass is 174 g/mol. The molecule has 0 fully saturated rings. The van der Waals surface area contributed by atoms with E-state index in [2.05, 4.69) is 45.0 Å². The molecule has 1 aliphatic rings. The average Bonchev–Trinajstić information content (AvgIpc) is 2.45. The molecule has 0 bridgehead atoms. The third kappa shape index (κ3) is 1.39. The first-order valence-electron chi connectivity index (χ1n) is 5.28. The Morgan fingerprint density at radius 1 is 1.23 bits per heavy atom. The minimum Gasteiger partial charge on any atom is -0.0625 e.